The molecule has 1 atom stereocenters. The zero-order valence-corrected chi connectivity index (χ0v) is 14.9. The summed E-state index contributed by atoms with van der Waals surface area (Å²) >= 11 is 0. The Kier molecular flexibility index (Phi) is 5.34. The van der Waals surface area contributed by atoms with Crippen molar-refractivity contribution in [2.75, 3.05) is 18.6 Å². The molecule has 0 saturated carbocycles. The van der Waals surface area contributed by atoms with Gasteiger partial charge in [-0.3, -0.25) is 0 Å². The lowest BCUT2D eigenvalue weighted by atomic mass is 9.87. The highest BCUT2D eigenvalue weighted by atomic mass is 32.2. The van der Waals surface area contributed by atoms with Gasteiger partial charge in [0.25, 0.3) is 0 Å². The van der Waals surface area contributed by atoms with Gasteiger partial charge in [-0.15, -0.1) is 0 Å². The fourth-order valence-electron chi connectivity index (χ4n) is 3.04. The van der Waals surface area contributed by atoms with Crippen LogP contribution in [0, 0.1) is 5.41 Å². The molecule has 1 aliphatic carbocycles. The molecule has 128 valence electrons. The van der Waals surface area contributed by atoms with Gasteiger partial charge in [0.15, 0.2) is 0 Å². The molecule has 0 unspecified atom stereocenters. The Morgan fingerprint density at radius 1 is 1.26 bits per heavy atom. The predicted octanol–water partition coefficient (Wildman–Crippen LogP) is 1.91. The van der Waals surface area contributed by atoms with E-state index in [-0.39, 0.29) is 23.2 Å². The molecule has 0 saturated heterocycles. The van der Waals surface area contributed by atoms with E-state index in [4.69, 9.17) is 0 Å². The quantitative estimate of drug-likeness (QED) is 0.832. The van der Waals surface area contributed by atoms with E-state index in [0.717, 1.165) is 12.8 Å². The van der Waals surface area contributed by atoms with Crippen LogP contribution in [0.15, 0.2) is 24.3 Å². The van der Waals surface area contributed by atoms with E-state index in [1.165, 1.54) is 17.4 Å². The standard InChI is InChI=1S/C17H26N2O3S/c1-13(8-9-23(3,21)22)19-16(20)18-12-17(2)10-14-6-4-5-7-15(14)11-17/h4-7,13H,8-12H2,1-3H3,(H2,18,19,20)/t13-/m1/s1. The summed E-state index contributed by atoms with van der Waals surface area (Å²) in [5, 5.41) is 5.73. The molecule has 1 aromatic rings. The summed E-state index contributed by atoms with van der Waals surface area (Å²) in [4.78, 5) is 12.0. The van der Waals surface area contributed by atoms with Crippen LogP contribution in [0.5, 0.6) is 0 Å². The third-order valence-electron chi connectivity index (χ3n) is 4.33. The Morgan fingerprint density at radius 3 is 2.35 bits per heavy atom. The van der Waals surface area contributed by atoms with Crippen molar-refractivity contribution in [3.8, 4) is 0 Å². The van der Waals surface area contributed by atoms with E-state index in [1.54, 1.807) is 0 Å². The smallest absolute Gasteiger partial charge is 0.315 e. The summed E-state index contributed by atoms with van der Waals surface area (Å²) in [5.41, 5.74) is 2.76. The molecule has 0 spiro atoms. The van der Waals surface area contributed by atoms with E-state index < -0.39 is 9.84 Å². The maximum atomic E-state index is 12.0. The van der Waals surface area contributed by atoms with Gasteiger partial charge in [0.2, 0.25) is 0 Å². The molecule has 1 aromatic carbocycles. The van der Waals surface area contributed by atoms with Crippen LogP contribution in [-0.2, 0) is 22.7 Å². The van der Waals surface area contributed by atoms with Gasteiger partial charge in [-0.2, -0.15) is 0 Å². The van der Waals surface area contributed by atoms with Crippen LogP contribution in [-0.4, -0.2) is 39.0 Å². The highest BCUT2D eigenvalue weighted by Gasteiger charge is 2.32. The molecule has 0 bridgehead atoms. The van der Waals surface area contributed by atoms with Gasteiger partial charge in [-0.25, -0.2) is 13.2 Å². The molecular weight excluding hydrogens is 312 g/mol. The number of rotatable bonds is 6. The summed E-state index contributed by atoms with van der Waals surface area (Å²) in [6, 6.07) is 7.99. The molecular formula is C17H26N2O3S. The van der Waals surface area contributed by atoms with Crippen LogP contribution in [0.3, 0.4) is 0 Å². The van der Waals surface area contributed by atoms with E-state index in [1.807, 2.05) is 19.1 Å². The Bertz CT molecular complexity index is 645. The maximum Gasteiger partial charge on any atom is 0.315 e. The summed E-state index contributed by atoms with van der Waals surface area (Å²) < 4.78 is 22.3. The largest absolute Gasteiger partial charge is 0.338 e. The van der Waals surface area contributed by atoms with Crippen LogP contribution in [0.25, 0.3) is 0 Å². The van der Waals surface area contributed by atoms with Gasteiger partial charge >= 0.3 is 6.03 Å². The zero-order valence-electron chi connectivity index (χ0n) is 14.1. The summed E-state index contributed by atoms with van der Waals surface area (Å²) in [6.07, 6.45) is 3.56. The maximum absolute atomic E-state index is 12.0. The topological polar surface area (TPSA) is 75.3 Å². The number of amides is 2. The lowest BCUT2D eigenvalue weighted by Gasteiger charge is -2.24. The molecule has 0 heterocycles. The summed E-state index contributed by atoms with van der Waals surface area (Å²) in [6.45, 7) is 4.60. The molecule has 0 aromatic heterocycles. The van der Waals surface area contributed by atoms with E-state index >= 15 is 0 Å². The lowest BCUT2D eigenvalue weighted by Crippen LogP contribution is -2.45. The molecule has 2 N–H and O–H groups in total. The Labute approximate surface area is 138 Å². The van der Waals surface area contributed by atoms with Crippen molar-refractivity contribution in [1.82, 2.24) is 10.6 Å². The second-order valence-corrected chi connectivity index (χ2v) is 9.34. The summed E-state index contributed by atoms with van der Waals surface area (Å²) in [5.74, 6) is 0.0848. The minimum atomic E-state index is -2.99. The first-order valence-corrected chi connectivity index (χ1v) is 10.0. The van der Waals surface area contributed by atoms with Crippen molar-refractivity contribution in [2.24, 2.45) is 5.41 Å². The number of hydrogen-bond donors (Lipinski definition) is 2. The van der Waals surface area contributed by atoms with Crippen molar-refractivity contribution >= 4 is 15.9 Å². The average molecular weight is 338 g/mol. The SMILES string of the molecule is C[C@H](CCS(C)(=O)=O)NC(=O)NCC1(C)Cc2ccccc2C1. The number of carbonyl (C=O) groups is 1. The van der Waals surface area contributed by atoms with Crippen molar-refractivity contribution in [1.29, 1.82) is 0 Å². The highest BCUT2D eigenvalue weighted by Crippen LogP contribution is 2.35. The summed E-state index contributed by atoms with van der Waals surface area (Å²) in [7, 11) is -2.99. The van der Waals surface area contributed by atoms with Gasteiger partial charge in [0, 0.05) is 18.8 Å². The normalized spacial score (nSPS) is 17.3. The number of fused-ring (bicyclic) bond motifs is 1. The van der Waals surface area contributed by atoms with E-state index in [0.29, 0.717) is 13.0 Å². The number of sulfone groups is 1. The first kappa shape index (κ1) is 17.8. The predicted molar refractivity (Wildman–Crippen MR) is 92.3 cm³/mol. The van der Waals surface area contributed by atoms with Gasteiger partial charge < -0.3 is 10.6 Å². The Balaban J connectivity index is 1.77. The van der Waals surface area contributed by atoms with Crippen molar-refractivity contribution < 1.29 is 13.2 Å². The highest BCUT2D eigenvalue weighted by molar-refractivity contribution is 7.90. The van der Waals surface area contributed by atoms with Gasteiger partial charge in [-0.05, 0) is 42.7 Å². The fourth-order valence-corrected chi connectivity index (χ4v) is 3.82. The minimum absolute atomic E-state index is 0.0387. The van der Waals surface area contributed by atoms with Crippen molar-refractivity contribution in [3.05, 3.63) is 35.4 Å². The molecule has 2 rings (SSSR count). The van der Waals surface area contributed by atoms with Crippen molar-refractivity contribution in [3.63, 3.8) is 0 Å². The zero-order chi connectivity index (χ0) is 17.1. The van der Waals surface area contributed by atoms with Crippen molar-refractivity contribution in [2.45, 2.75) is 39.2 Å². The lowest BCUT2D eigenvalue weighted by molar-refractivity contribution is 0.229. The number of nitrogens with one attached hydrogen (secondary N) is 2. The molecule has 23 heavy (non-hydrogen) atoms. The molecule has 6 heteroatoms. The number of urea groups is 1. The van der Waals surface area contributed by atoms with E-state index in [9.17, 15) is 13.2 Å². The molecule has 0 aliphatic heterocycles. The third kappa shape index (κ3) is 5.53. The van der Waals surface area contributed by atoms with Crippen LogP contribution in [0.2, 0.25) is 0 Å². The third-order valence-corrected chi connectivity index (χ3v) is 5.30. The van der Waals surface area contributed by atoms with Crippen LogP contribution in [0.1, 0.15) is 31.4 Å². The molecule has 0 radical (unpaired) electrons. The first-order valence-electron chi connectivity index (χ1n) is 7.96. The monoisotopic (exact) mass is 338 g/mol. The molecule has 5 nitrogen and oxygen atoms in total. The van der Waals surface area contributed by atoms with Crippen LogP contribution < -0.4 is 10.6 Å². The average Bonchev–Trinajstić information content (AvgIpc) is 2.79. The van der Waals surface area contributed by atoms with Gasteiger partial charge in [-0.1, -0.05) is 31.2 Å². The molecule has 1 aliphatic rings. The van der Waals surface area contributed by atoms with Crippen LogP contribution in [0.4, 0.5) is 4.79 Å². The Morgan fingerprint density at radius 2 is 1.83 bits per heavy atom. The van der Waals surface area contributed by atoms with Gasteiger partial charge in [0.1, 0.15) is 9.84 Å². The van der Waals surface area contributed by atoms with Crippen LogP contribution >= 0.6 is 0 Å². The molecule has 2 amide bonds. The second kappa shape index (κ2) is 6.91. The number of benzene rings is 1. The number of hydrogen-bond acceptors (Lipinski definition) is 3. The second-order valence-electron chi connectivity index (χ2n) is 7.08. The Hall–Kier alpha value is -1.56. The molecule has 0 fully saturated rings. The van der Waals surface area contributed by atoms with E-state index in [2.05, 4.69) is 29.7 Å². The first-order chi connectivity index (χ1) is 10.7. The minimum Gasteiger partial charge on any atom is -0.338 e. The van der Waals surface area contributed by atoms with Gasteiger partial charge in [0.05, 0.1) is 5.75 Å². The fraction of sp³-hybridized carbons (Fsp3) is 0.588. The number of carbonyl (C=O) groups excluding carboxylic acids is 1.